The van der Waals surface area contributed by atoms with Gasteiger partial charge in [-0.2, -0.15) is 0 Å². The molecule has 0 unspecified atom stereocenters. The summed E-state index contributed by atoms with van der Waals surface area (Å²) in [6.07, 6.45) is 2.62. The number of likely N-dealkylation sites (tertiary alicyclic amines) is 1. The molecule has 46 heavy (non-hydrogen) atoms. The van der Waals surface area contributed by atoms with Crippen LogP contribution < -0.4 is 4.90 Å². The van der Waals surface area contributed by atoms with Crippen LogP contribution in [-0.4, -0.2) is 90.6 Å². The van der Waals surface area contributed by atoms with E-state index in [1.807, 2.05) is 24.0 Å². The summed E-state index contributed by atoms with van der Waals surface area (Å²) in [5.74, 6) is -0.496. The summed E-state index contributed by atoms with van der Waals surface area (Å²) in [4.78, 5) is 23.4. The van der Waals surface area contributed by atoms with Crippen LogP contribution in [0.4, 0.5) is 10.1 Å². The maximum absolute atomic E-state index is 15.5. The molecule has 0 aliphatic carbocycles. The lowest BCUT2D eigenvalue weighted by Crippen LogP contribution is -2.53. The Balaban J connectivity index is 1.30. The first-order chi connectivity index (χ1) is 22.1. The number of aliphatic hydroxyl groups excluding tert-OH is 1. The maximum atomic E-state index is 15.5. The molecule has 2 aliphatic heterocycles. The summed E-state index contributed by atoms with van der Waals surface area (Å²) in [7, 11) is -1.95. The fraction of sp³-hybridized carbons (Fsp3) is 0.257. The molecule has 2 saturated heterocycles. The second-order valence-corrected chi connectivity index (χ2v) is 14.0. The van der Waals surface area contributed by atoms with Gasteiger partial charge in [-0.3, -0.25) is 4.79 Å². The van der Waals surface area contributed by atoms with Crippen molar-refractivity contribution >= 4 is 32.7 Å². The van der Waals surface area contributed by atoms with Gasteiger partial charge in [-0.1, -0.05) is 35.9 Å². The van der Waals surface area contributed by atoms with Gasteiger partial charge in [0.15, 0.2) is 5.65 Å². The van der Waals surface area contributed by atoms with E-state index >= 15 is 4.39 Å². The molecule has 0 radical (unpaired) electrons. The average Bonchev–Trinajstić information content (AvgIpc) is 3.43. The number of aromatic nitrogens is 2. The van der Waals surface area contributed by atoms with E-state index in [-0.39, 0.29) is 22.3 Å². The van der Waals surface area contributed by atoms with Crippen LogP contribution >= 0.6 is 0 Å². The first-order valence-electron chi connectivity index (χ1n) is 15.2. The molecule has 1 amide bonds. The molecule has 11 heteroatoms. The monoisotopic (exact) mass is 639 g/mol. The molecule has 2 fully saturated rings. The quantitative estimate of drug-likeness (QED) is 0.290. The van der Waals surface area contributed by atoms with Crippen LogP contribution in [0.2, 0.25) is 0 Å². The van der Waals surface area contributed by atoms with Gasteiger partial charge in [-0.05, 0) is 67.6 Å². The molecule has 1 N–H and O–H groups in total. The van der Waals surface area contributed by atoms with E-state index in [1.165, 1.54) is 10.0 Å². The van der Waals surface area contributed by atoms with Crippen LogP contribution in [-0.2, 0) is 10.0 Å². The van der Waals surface area contributed by atoms with Crippen LogP contribution in [0.1, 0.15) is 15.9 Å². The summed E-state index contributed by atoms with van der Waals surface area (Å²) in [6, 6.07) is 20.6. The van der Waals surface area contributed by atoms with Gasteiger partial charge in [0.05, 0.1) is 16.7 Å². The van der Waals surface area contributed by atoms with Gasteiger partial charge in [0, 0.05) is 73.7 Å². The number of carbonyl (C=O) groups is 1. The van der Waals surface area contributed by atoms with Gasteiger partial charge in [-0.15, -0.1) is 0 Å². The minimum Gasteiger partial charge on any atom is -0.389 e. The summed E-state index contributed by atoms with van der Waals surface area (Å²) in [5, 5.41) is 10.2. The van der Waals surface area contributed by atoms with Crippen molar-refractivity contribution in [2.45, 2.75) is 17.9 Å². The number of halogens is 1. The minimum atomic E-state index is -4.01. The Labute approximate surface area is 267 Å². The zero-order chi connectivity index (χ0) is 32.2. The molecule has 5 aromatic rings. The number of rotatable bonds is 6. The maximum Gasteiger partial charge on any atom is 0.269 e. The Morgan fingerprint density at radius 2 is 1.57 bits per heavy atom. The predicted octanol–water partition coefficient (Wildman–Crippen LogP) is 4.62. The van der Waals surface area contributed by atoms with Crippen molar-refractivity contribution in [2.24, 2.45) is 0 Å². The number of fused-ring (bicyclic) bond motifs is 1. The minimum absolute atomic E-state index is 0.131. The SMILES string of the molecule is Cc1ccc(S(=O)(=O)n2cc(-c3ccc(C(=O)N4CC(O)C4)cc3)c3cc(-c4ccc(N5CCN(C)CC5)c(F)c4)cnc32)cc1. The van der Waals surface area contributed by atoms with Crippen molar-refractivity contribution in [3.05, 3.63) is 102 Å². The molecular formula is C35H34FN5O4S. The van der Waals surface area contributed by atoms with E-state index in [1.54, 1.807) is 71.9 Å². The molecule has 2 aromatic heterocycles. The summed E-state index contributed by atoms with van der Waals surface area (Å²) < 4.78 is 44.4. The Bertz CT molecular complexity index is 2050. The second kappa shape index (κ2) is 11.7. The first kappa shape index (κ1) is 30.1. The van der Waals surface area contributed by atoms with Gasteiger partial charge < -0.3 is 19.8 Å². The third-order valence-corrected chi connectivity index (χ3v) is 10.6. The number of piperazine rings is 1. The highest BCUT2D eigenvalue weighted by Gasteiger charge is 2.30. The lowest BCUT2D eigenvalue weighted by atomic mass is 10.0. The Morgan fingerprint density at radius 3 is 2.22 bits per heavy atom. The van der Waals surface area contributed by atoms with E-state index in [4.69, 9.17) is 0 Å². The number of β-amino-alcohol motifs (C(OH)–C–C–N with tert-alkyl or cyclic N) is 1. The normalized spacial score (nSPS) is 16.2. The van der Waals surface area contributed by atoms with Crippen molar-refractivity contribution in [3.8, 4) is 22.3 Å². The number of benzene rings is 3. The number of anilines is 1. The Hall–Kier alpha value is -4.58. The topological polar surface area (TPSA) is 99.0 Å². The average molecular weight is 640 g/mol. The molecule has 0 spiro atoms. The highest BCUT2D eigenvalue weighted by Crippen LogP contribution is 2.36. The number of likely N-dealkylation sites (N-methyl/N-ethyl adjacent to an activating group) is 1. The number of amides is 1. The number of pyridine rings is 1. The molecule has 236 valence electrons. The zero-order valence-corrected chi connectivity index (χ0v) is 26.4. The van der Waals surface area contributed by atoms with Gasteiger partial charge >= 0.3 is 0 Å². The van der Waals surface area contributed by atoms with Crippen LogP contribution in [0.3, 0.4) is 0 Å². The second-order valence-electron chi connectivity index (χ2n) is 12.1. The number of aliphatic hydroxyl groups is 1. The van der Waals surface area contributed by atoms with Crippen molar-refractivity contribution in [1.29, 1.82) is 0 Å². The summed E-state index contributed by atoms with van der Waals surface area (Å²) >= 11 is 0. The summed E-state index contributed by atoms with van der Waals surface area (Å²) in [5.41, 5.74) is 4.78. The third-order valence-electron chi connectivity index (χ3n) is 8.91. The van der Waals surface area contributed by atoms with Crippen LogP contribution in [0.5, 0.6) is 0 Å². The molecule has 3 aromatic carbocycles. The van der Waals surface area contributed by atoms with E-state index < -0.39 is 16.1 Å². The van der Waals surface area contributed by atoms with E-state index in [2.05, 4.69) is 16.9 Å². The number of hydrogen-bond acceptors (Lipinski definition) is 7. The van der Waals surface area contributed by atoms with Gasteiger partial charge in [0.2, 0.25) is 0 Å². The van der Waals surface area contributed by atoms with Crippen LogP contribution in [0.15, 0.2) is 90.1 Å². The molecule has 7 rings (SSSR count). The largest absolute Gasteiger partial charge is 0.389 e. The van der Waals surface area contributed by atoms with Crippen molar-refractivity contribution < 1.29 is 22.7 Å². The molecule has 9 nitrogen and oxygen atoms in total. The number of carbonyl (C=O) groups excluding carboxylic acids is 1. The van der Waals surface area contributed by atoms with Crippen molar-refractivity contribution in [1.82, 2.24) is 18.8 Å². The Kier molecular flexibility index (Phi) is 7.62. The predicted molar refractivity (Wildman–Crippen MR) is 176 cm³/mol. The van der Waals surface area contributed by atoms with E-state index in [9.17, 15) is 18.3 Å². The lowest BCUT2D eigenvalue weighted by molar-refractivity contribution is 0.00590. The van der Waals surface area contributed by atoms with Crippen LogP contribution in [0, 0.1) is 12.7 Å². The fourth-order valence-electron chi connectivity index (χ4n) is 6.06. The first-order valence-corrected chi connectivity index (χ1v) is 16.7. The highest BCUT2D eigenvalue weighted by atomic mass is 32.2. The fourth-order valence-corrected chi connectivity index (χ4v) is 7.39. The molecule has 0 atom stereocenters. The Morgan fingerprint density at radius 1 is 0.891 bits per heavy atom. The molecule has 2 aliphatic rings. The summed E-state index contributed by atoms with van der Waals surface area (Å²) in [6.45, 7) is 5.72. The van der Waals surface area contributed by atoms with Gasteiger partial charge in [0.25, 0.3) is 15.9 Å². The highest BCUT2D eigenvalue weighted by molar-refractivity contribution is 7.90. The molecular weight excluding hydrogens is 605 g/mol. The number of hydrogen-bond donors (Lipinski definition) is 1. The van der Waals surface area contributed by atoms with Gasteiger partial charge in [-0.25, -0.2) is 21.8 Å². The third kappa shape index (κ3) is 5.44. The number of aryl methyl sites for hydroxylation is 1. The molecule has 0 bridgehead atoms. The lowest BCUT2D eigenvalue weighted by Gasteiger charge is -2.35. The van der Waals surface area contributed by atoms with Crippen LogP contribution in [0.25, 0.3) is 33.3 Å². The standard InChI is InChI=1S/C35H34FN5O4S/c1-23-3-10-29(11-4-23)46(44,45)41-22-31(24-5-7-25(8-6-24)35(43)40-20-28(42)21-40)30-17-27(19-37-34(30)41)26-9-12-33(32(36)18-26)39-15-13-38(2)14-16-39/h3-12,17-19,22,28,42H,13-16,20-21H2,1-2H3. The molecule has 4 heterocycles. The van der Waals surface area contributed by atoms with E-state index in [0.717, 1.165) is 31.7 Å². The van der Waals surface area contributed by atoms with Crippen molar-refractivity contribution in [3.63, 3.8) is 0 Å². The smallest absolute Gasteiger partial charge is 0.269 e. The van der Waals surface area contributed by atoms with Crippen molar-refractivity contribution in [2.75, 3.05) is 51.2 Å². The molecule has 0 saturated carbocycles. The zero-order valence-electron chi connectivity index (χ0n) is 25.6. The van der Waals surface area contributed by atoms with Gasteiger partial charge in [0.1, 0.15) is 5.82 Å². The number of nitrogens with zero attached hydrogens (tertiary/aromatic N) is 5. The van der Waals surface area contributed by atoms with E-state index in [0.29, 0.717) is 52.0 Å².